The summed E-state index contributed by atoms with van der Waals surface area (Å²) in [6.45, 7) is 5.61. The van der Waals surface area contributed by atoms with Crippen molar-refractivity contribution in [2.45, 2.75) is 20.8 Å². The minimum Gasteiger partial charge on any atom is -0.504 e. The first-order chi connectivity index (χ1) is 15.8. The number of nitrogens with one attached hydrogen (secondary N) is 1. The average Bonchev–Trinajstić information content (AvgIpc) is 3.08. The van der Waals surface area contributed by atoms with Gasteiger partial charge in [0.25, 0.3) is 0 Å². The van der Waals surface area contributed by atoms with E-state index in [4.69, 9.17) is 0 Å². The fourth-order valence-corrected chi connectivity index (χ4v) is 3.36. The van der Waals surface area contributed by atoms with E-state index < -0.39 is 11.9 Å². The molecule has 33 heavy (non-hydrogen) atoms. The van der Waals surface area contributed by atoms with Gasteiger partial charge in [-0.1, -0.05) is 18.2 Å². The molecule has 3 aromatic rings. The fraction of sp³-hybridized carbons (Fsp3) is 0.125. The minimum absolute atomic E-state index is 0.0194. The summed E-state index contributed by atoms with van der Waals surface area (Å²) in [5.74, 6) is -1.69. The Morgan fingerprint density at radius 3 is 2.58 bits per heavy atom. The third-order valence-corrected chi connectivity index (χ3v) is 5.34. The van der Waals surface area contributed by atoms with Crippen molar-refractivity contribution in [3.63, 3.8) is 0 Å². The highest BCUT2D eigenvalue weighted by atomic mass is 16.4. The van der Waals surface area contributed by atoms with Crippen LogP contribution in [0.3, 0.4) is 0 Å². The molecule has 1 aromatic heterocycles. The maximum atomic E-state index is 12.9. The number of amides is 1. The van der Waals surface area contributed by atoms with Gasteiger partial charge in [0.1, 0.15) is 0 Å². The monoisotopic (exact) mass is 443 g/mol. The third-order valence-electron chi connectivity index (χ3n) is 5.34. The molecule has 0 saturated heterocycles. The first-order valence-corrected chi connectivity index (χ1v) is 10.1. The highest BCUT2D eigenvalue weighted by Crippen LogP contribution is 2.34. The van der Waals surface area contributed by atoms with Gasteiger partial charge in [0.15, 0.2) is 17.3 Å². The van der Waals surface area contributed by atoms with Crippen LogP contribution in [0.25, 0.3) is 11.1 Å². The van der Waals surface area contributed by atoms with Crippen molar-refractivity contribution in [1.82, 2.24) is 4.98 Å². The molecular formula is C24H21N5O4. The van der Waals surface area contributed by atoms with Gasteiger partial charge < -0.3 is 10.2 Å². The zero-order chi connectivity index (χ0) is 23.7. The molecule has 2 heterocycles. The van der Waals surface area contributed by atoms with Gasteiger partial charge in [0.05, 0.1) is 17.0 Å². The zero-order valence-electron chi connectivity index (χ0n) is 18.2. The highest BCUT2D eigenvalue weighted by Gasteiger charge is 2.31. The smallest absolute Gasteiger partial charge is 0.335 e. The van der Waals surface area contributed by atoms with Crippen LogP contribution < -0.4 is 10.4 Å². The molecule has 0 bridgehead atoms. The molecule has 1 aliphatic heterocycles. The summed E-state index contributed by atoms with van der Waals surface area (Å²) < 4.78 is 0. The van der Waals surface area contributed by atoms with E-state index in [-0.39, 0.29) is 22.8 Å². The Bertz CT molecular complexity index is 1350. The Hall–Kier alpha value is -4.53. The highest BCUT2D eigenvalue weighted by molar-refractivity contribution is 6.71. The average molecular weight is 443 g/mol. The molecule has 9 heteroatoms. The standard InChI is InChI=1S/C24H21N5O4/c1-13-7-8-18(11-14(13)2)29-23(31)20(15(3)28-29)26-27-22-21(30)19(9-10-25-22)16-5-4-6-17(12-16)24(32)33/h4-12,30H,1-3H3,(H,25,27)(H,32,33)/b26-20-. The van der Waals surface area contributed by atoms with Crippen molar-refractivity contribution in [3.05, 3.63) is 71.4 Å². The number of carboxylic acids is 1. The molecule has 0 unspecified atom stereocenters. The molecule has 1 aliphatic rings. The van der Waals surface area contributed by atoms with Gasteiger partial charge in [0, 0.05) is 11.8 Å². The summed E-state index contributed by atoms with van der Waals surface area (Å²) in [4.78, 5) is 28.3. The van der Waals surface area contributed by atoms with Crippen molar-refractivity contribution >= 4 is 34.8 Å². The van der Waals surface area contributed by atoms with Crippen LogP contribution in [0.15, 0.2) is 64.9 Å². The second-order valence-corrected chi connectivity index (χ2v) is 7.58. The number of rotatable bonds is 5. The number of aromatic nitrogens is 1. The molecule has 0 spiro atoms. The van der Waals surface area contributed by atoms with E-state index in [2.05, 4.69) is 20.6 Å². The van der Waals surface area contributed by atoms with Gasteiger partial charge in [-0.2, -0.15) is 15.2 Å². The van der Waals surface area contributed by atoms with Gasteiger partial charge in [-0.3, -0.25) is 10.2 Å². The molecule has 4 rings (SSSR count). The second kappa shape index (κ2) is 8.54. The Morgan fingerprint density at radius 1 is 1.06 bits per heavy atom. The number of hydrazone groups is 2. The number of carboxylic acid groups (broad SMARTS) is 1. The molecule has 1 amide bonds. The third kappa shape index (κ3) is 4.16. The fourth-order valence-electron chi connectivity index (χ4n) is 3.36. The molecule has 2 aromatic carbocycles. The lowest BCUT2D eigenvalue weighted by Gasteiger charge is -2.13. The van der Waals surface area contributed by atoms with Crippen molar-refractivity contribution in [2.75, 3.05) is 10.4 Å². The summed E-state index contributed by atoms with van der Waals surface area (Å²) in [5, 5.41) is 29.6. The second-order valence-electron chi connectivity index (χ2n) is 7.58. The molecule has 3 N–H and O–H groups in total. The lowest BCUT2D eigenvalue weighted by atomic mass is 10.0. The van der Waals surface area contributed by atoms with Crippen LogP contribution in [0.1, 0.15) is 28.4 Å². The van der Waals surface area contributed by atoms with Gasteiger partial charge >= 0.3 is 11.9 Å². The number of carbonyl (C=O) groups is 2. The largest absolute Gasteiger partial charge is 0.504 e. The predicted octanol–water partition coefficient (Wildman–Crippen LogP) is 3.96. The normalized spacial score (nSPS) is 14.5. The Morgan fingerprint density at radius 2 is 1.85 bits per heavy atom. The van der Waals surface area contributed by atoms with E-state index in [0.29, 0.717) is 22.5 Å². The molecule has 0 saturated carbocycles. The first-order valence-electron chi connectivity index (χ1n) is 10.1. The molecule has 9 nitrogen and oxygen atoms in total. The van der Waals surface area contributed by atoms with E-state index >= 15 is 0 Å². The number of benzene rings is 2. The molecule has 0 aliphatic carbocycles. The van der Waals surface area contributed by atoms with Crippen molar-refractivity contribution in [1.29, 1.82) is 0 Å². The molecule has 0 radical (unpaired) electrons. The SMILES string of the molecule is CC1=NN(c2ccc(C)c(C)c2)C(=O)/C1=N\Nc1nccc(-c2cccc(C(=O)O)c2)c1O. The number of anilines is 2. The predicted molar refractivity (Wildman–Crippen MR) is 126 cm³/mol. The molecule has 0 atom stereocenters. The van der Waals surface area contributed by atoms with Gasteiger partial charge in [0.2, 0.25) is 0 Å². The van der Waals surface area contributed by atoms with E-state index in [1.54, 1.807) is 25.1 Å². The molecular weight excluding hydrogens is 422 g/mol. The Kier molecular flexibility index (Phi) is 5.61. The quantitative estimate of drug-likeness (QED) is 0.512. The van der Waals surface area contributed by atoms with Crippen molar-refractivity contribution < 1.29 is 19.8 Å². The van der Waals surface area contributed by atoms with E-state index in [9.17, 15) is 19.8 Å². The van der Waals surface area contributed by atoms with Crippen molar-refractivity contribution in [2.24, 2.45) is 10.2 Å². The van der Waals surface area contributed by atoms with Crippen LogP contribution in [-0.4, -0.2) is 38.5 Å². The van der Waals surface area contributed by atoms with Crippen LogP contribution in [0, 0.1) is 13.8 Å². The maximum absolute atomic E-state index is 12.9. The summed E-state index contributed by atoms with van der Waals surface area (Å²) >= 11 is 0. The van der Waals surface area contributed by atoms with E-state index in [1.165, 1.54) is 23.3 Å². The van der Waals surface area contributed by atoms with Gasteiger partial charge in [-0.05, 0) is 67.8 Å². The maximum Gasteiger partial charge on any atom is 0.335 e. The van der Waals surface area contributed by atoms with E-state index in [0.717, 1.165) is 11.1 Å². The van der Waals surface area contributed by atoms with Gasteiger partial charge in [-0.25, -0.2) is 9.78 Å². The van der Waals surface area contributed by atoms with Crippen LogP contribution >= 0.6 is 0 Å². The lowest BCUT2D eigenvalue weighted by molar-refractivity contribution is -0.112. The summed E-state index contributed by atoms with van der Waals surface area (Å²) in [7, 11) is 0. The topological polar surface area (TPSA) is 127 Å². The Balaban J connectivity index is 1.61. The number of aromatic carboxylic acids is 1. The van der Waals surface area contributed by atoms with Crippen LogP contribution in [0.5, 0.6) is 5.75 Å². The number of aromatic hydroxyl groups is 1. The summed E-state index contributed by atoms with van der Waals surface area (Å²) in [5.41, 5.74) is 6.88. The van der Waals surface area contributed by atoms with Crippen LogP contribution in [0.4, 0.5) is 11.5 Å². The molecule has 0 fully saturated rings. The lowest BCUT2D eigenvalue weighted by Crippen LogP contribution is -2.28. The van der Waals surface area contributed by atoms with Crippen LogP contribution in [-0.2, 0) is 4.79 Å². The van der Waals surface area contributed by atoms with Gasteiger partial charge in [-0.15, -0.1) is 0 Å². The summed E-state index contributed by atoms with van der Waals surface area (Å²) in [6.07, 6.45) is 1.45. The van der Waals surface area contributed by atoms with Crippen molar-refractivity contribution in [3.8, 4) is 16.9 Å². The number of hydrogen-bond donors (Lipinski definition) is 3. The van der Waals surface area contributed by atoms with E-state index in [1.807, 2.05) is 32.0 Å². The first kappa shape index (κ1) is 21.7. The number of carbonyl (C=O) groups excluding carboxylic acids is 1. The number of pyridine rings is 1. The Labute approximate surface area is 189 Å². The number of nitrogens with zero attached hydrogens (tertiary/aromatic N) is 4. The zero-order valence-corrected chi connectivity index (χ0v) is 18.2. The minimum atomic E-state index is -1.07. The number of hydrogen-bond acceptors (Lipinski definition) is 7. The van der Waals surface area contributed by atoms with Crippen LogP contribution in [0.2, 0.25) is 0 Å². The number of aryl methyl sites for hydroxylation is 2. The molecule has 166 valence electrons. The summed E-state index contributed by atoms with van der Waals surface area (Å²) in [6, 6.07) is 13.3.